The molecule has 1 saturated heterocycles. The van der Waals surface area contributed by atoms with Crippen LogP contribution in [-0.2, 0) is 10.8 Å². The van der Waals surface area contributed by atoms with E-state index in [2.05, 4.69) is 173 Å². The Balaban J connectivity index is 1.11. The van der Waals surface area contributed by atoms with E-state index in [1.165, 1.54) is 22.6 Å². The molecule has 0 N–H and O–H groups in total. The first-order chi connectivity index (χ1) is 27.2. The van der Waals surface area contributed by atoms with Crippen molar-refractivity contribution in [2.75, 3.05) is 4.90 Å². The van der Waals surface area contributed by atoms with Crippen molar-refractivity contribution in [2.45, 2.75) is 56.6 Å². The second kappa shape index (κ2) is 16.5. The Kier molecular flexibility index (Phi) is 11.5. The SMILES string of the molecule is Cc1ccc(/C=C/c2ccc(N(c3ccc(/C=C/c4ccc(C(F)(F)F)cc4)cc3)c3ccc(/C=C/c4cccc(SB5OC(C)(C)C5(C)C)c4)cc3)cc2)cc1. The topological polar surface area (TPSA) is 12.5 Å². The molecule has 1 fully saturated rings. The Labute approximate surface area is 339 Å². The molecular weight excluding hydrogens is 730 g/mol. The van der Waals surface area contributed by atoms with Crippen LogP contribution in [-0.4, -0.2) is 11.8 Å². The molecule has 0 amide bonds. The molecule has 1 aliphatic heterocycles. The maximum absolute atomic E-state index is 13.0. The quantitative estimate of drug-likeness (QED) is 0.0961. The Morgan fingerprint density at radius 2 is 0.912 bits per heavy atom. The van der Waals surface area contributed by atoms with Gasteiger partial charge in [-0.1, -0.05) is 141 Å². The molecule has 0 aliphatic carbocycles. The average Bonchev–Trinajstić information content (AvgIpc) is 3.20. The molecule has 1 aliphatic rings. The number of alkyl halides is 3. The lowest BCUT2D eigenvalue weighted by Gasteiger charge is -2.56. The van der Waals surface area contributed by atoms with Crippen molar-refractivity contribution in [1.29, 1.82) is 0 Å². The number of hydrogen-bond acceptors (Lipinski definition) is 3. The second-order valence-corrected chi connectivity index (χ2v) is 16.6. The van der Waals surface area contributed by atoms with Crippen LogP contribution in [0.2, 0.25) is 5.31 Å². The maximum atomic E-state index is 13.0. The molecule has 0 radical (unpaired) electrons. The van der Waals surface area contributed by atoms with Gasteiger partial charge in [0.15, 0.2) is 0 Å². The van der Waals surface area contributed by atoms with E-state index < -0.39 is 11.7 Å². The Hall–Kier alpha value is -5.50. The molecule has 0 bridgehead atoms. The third kappa shape index (κ3) is 9.56. The van der Waals surface area contributed by atoms with E-state index in [9.17, 15) is 13.2 Å². The molecule has 286 valence electrons. The van der Waals surface area contributed by atoms with Gasteiger partial charge in [0, 0.05) is 28.0 Å². The lowest BCUT2D eigenvalue weighted by atomic mass is 9.49. The van der Waals surface area contributed by atoms with Crippen LogP contribution in [0.3, 0.4) is 0 Å². The minimum Gasteiger partial charge on any atom is -0.420 e. The van der Waals surface area contributed by atoms with Crippen molar-refractivity contribution in [3.63, 3.8) is 0 Å². The summed E-state index contributed by atoms with van der Waals surface area (Å²) in [4.78, 5) is 3.41. The number of benzene rings is 6. The summed E-state index contributed by atoms with van der Waals surface area (Å²) in [7, 11) is 0. The average molecular weight is 776 g/mol. The van der Waals surface area contributed by atoms with Gasteiger partial charge in [-0.15, -0.1) is 11.6 Å². The van der Waals surface area contributed by atoms with Gasteiger partial charge in [-0.3, -0.25) is 0 Å². The van der Waals surface area contributed by atoms with Gasteiger partial charge in [-0.05, 0) is 120 Å². The van der Waals surface area contributed by atoms with Crippen molar-refractivity contribution in [1.82, 2.24) is 0 Å². The lowest BCUT2D eigenvalue weighted by Crippen LogP contribution is -2.59. The van der Waals surface area contributed by atoms with Crippen molar-refractivity contribution in [3.05, 3.63) is 190 Å². The number of hydrogen-bond donors (Lipinski definition) is 0. The van der Waals surface area contributed by atoms with Crippen LogP contribution in [0.15, 0.2) is 150 Å². The molecule has 7 rings (SSSR count). The summed E-state index contributed by atoms with van der Waals surface area (Å²) in [6.07, 6.45) is 8.01. The van der Waals surface area contributed by atoms with Gasteiger partial charge >= 0.3 is 12.4 Å². The molecule has 7 heteroatoms. The number of rotatable bonds is 11. The van der Waals surface area contributed by atoms with Gasteiger partial charge in [-0.2, -0.15) is 13.2 Å². The summed E-state index contributed by atoms with van der Waals surface area (Å²) >= 11 is 1.78. The monoisotopic (exact) mass is 775 g/mol. The second-order valence-electron chi connectivity index (χ2n) is 15.5. The van der Waals surface area contributed by atoms with Crippen molar-refractivity contribution in [3.8, 4) is 0 Å². The van der Waals surface area contributed by atoms with Crippen LogP contribution >= 0.6 is 11.6 Å². The third-order valence-electron chi connectivity index (χ3n) is 10.8. The van der Waals surface area contributed by atoms with Crippen LogP contribution in [0.4, 0.5) is 30.2 Å². The molecule has 2 nitrogen and oxygen atoms in total. The minimum atomic E-state index is -4.35. The number of anilines is 3. The summed E-state index contributed by atoms with van der Waals surface area (Å²) < 4.78 is 45.3. The van der Waals surface area contributed by atoms with Crippen LogP contribution < -0.4 is 4.90 Å². The molecule has 0 aromatic heterocycles. The zero-order valence-corrected chi connectivity index (χ0v) is 33.6. The highest BCUT2D eigenvalue weighted by Gasteiger charge is 2.59. The summed E-state index contributed by atoms with van der Waals surface area (Å²) in [5.74, 6) is 0. The molecule has 0 spiro atoms. The third-order valence-corrected chi connectivity index (χ3v) is 12.2. The van der Waals surface area contributed by atoms with Gasteiger partial charge in [0.1, 0.15) is 0 Å². The lowest BCUT2D eigenvalue weighted by molar-refractivity contribution is -0.137. The number of halogens is 3. The first-order valence-corrected chi connectivity index (χ1v) is 19.9. The largest absolute Gasteiger partial charge is 0.420 e. The van der Waals surface area contributed by atoms with E-state index in [0.717, 1.165) is 57.0 Å². The zero-order valence-electron chi connectivity index (χ0n) is 32.8. The molecular formula is C50H45BF3NOS. The van der Waals surface area contributed by atoms with Crippen molar-refractivity contribution >= 4 is 71.3 Å². The zero-order chi connectivity index (χ0) is 40.2. The van der Waals surface area contributed by atoms with Gasteiger partial charge in [0.2, 0.25) is 0 Å². The van der Waals surface area contributed by atoms with Crippen LogP contribution in [0.5, 0.6) is 0 Å². The van der Waals surface area contributed by atoms with Crippen LogP contribution in [0.25, 0.3) is 36.5 Å². The van der Waals surface area contributed by atoms with E-state index >= 15 is 0 Å². The summed E-state index contributed by atoms with van der Waals surface area (Å²) in [5, 5.41) is 0.0807. The fraction of sp³-hybridized carbons (Fsp3) is 0.160. The summed E-state index contributed by atoms with van der Waals surface area (Å²) in [5.41, 5.74) is 9.53. The minimum absolute atomic E-state index is 0.0807. The van der Waals surface area contributed by atoms with E-state index in [1.807, 2.05) is 24.3 Å². The predicted molar refractivity (Wildman–Crippen MR) is 238 cm³/mol. The van der Waals surface area contributed by atoms with Crippen LogP contribution in [0.1, 0.15) is 72.2 Å². The van der Waals surface area contributed by atoms with Crippen molar-refractivity contribution in [2.24, 2.45) is 0 Å². The highest BCUT2D eigenvalue weighted by molar-refractivity contribution is 8.25. The van der Waals surface area contributed by atoms with Crippen LogP contribution in [0, 0.1) is 6.92 Å². The highest BCUT2D eigenvalue weighted by atomic mass is 32.2. The number of nitrogens with zero attached hydrogens (tertiary/aromatic N) is 1. The molecule has 6 aromatic carbocycles. The Morgan fingerprint density at radius 1 is 0.526 bits per heavy atom. The van der Waals surface area contributed by atoms with Crippen molar-refractivity contribution < 1.29 is 17.8 Å². The Bertz CT molecular complexity index is 2380. The number of aryl methyl sites for hydroxylation is 1. The molecule has 0 saturated carbocycles. The fourth-order valence-electron chi connectivity index (χ4n) is 6.47. The van der Waals surface area contributed by atoms with Gasteiger partial charge in [0.05, 0.1) is 5.56 Å². The molecule has 0 unspecified atom stereocenters. The van der Waals surface area contributed by atoms with Gasteiger partial charge < -0.3 is 9.55 Å². The molecule has 1 heterocycles. The van der Waals surface area contributed by atoms with E-state index in [1.54, 1.807) is 11.6 Å². The van der Waals surface area contributed by atoms with Gasteiger partial charge in [-0.25, -0.2) is 0 Å². The van der Waals surface area contributed by atoms with E-state index in [-0.39, 0.29) is 17.1 Å². The first kappa shape index (κ1) is 39.7. The van der Waals surface area contributed by atoms with Gasteiger partial charge in [0.25, 0.3) is 0 Å². The predicted octanol–water partition coefficient (Wildman–Crippen LogP) is 15.2. The summed E-state index contributed by atoms with van der Waals surface area (Å²) in [6.45, 7) is 10.9. The molecule has 0 atom stereocenters. The molecule has 57 heavy (non-hydrogen) atoms. The molecule has 6 aromatic rings. The standard InChI is InChI=1S/C50H45BF3NOS/c1-36-9-11-37(12-10-36)13-15-39-21-29-44(30-22-39)55(45-31-23-40(24-32-45)16-14-38-19-27-43(28-20-38)50(52,53)54)46-33-25-41(26-34-46)17-18-42-7-6-8-47(35-42)57-51-48(2,3)49(4,5)56-51/h6-35H,1-5H3/b15-13+,16-14+,18-17+. The normalized spacial score (nSPS) is 15.1. The summed E-state index contributed by atoms with van der Waals surface area (Å²) in [6, 6.07) is 47.4. The highest BCUT2D eigenvalue weighted by Crippen LogP contribution is 2.58. The van der Waals surface area contributed by atoms with E-state index in [0.29, 0.717) is 5.56 Å². The maximum Gasteiger partial charge on any atom is 0.416 e. The Morgan fingerprint density at radius 3 is 1.30 bits per heavy atom. The smallest absolute Gasteiger partial charge is 0.416 e. The fourth-order valence-corrected chi connectivity index (χ4v) is 7.94. The van der Waals surface area contributed by atoms with E-state index in [4.69, 9.17) is 4.65 Å². The first-order valence-electron chi connectivity index (χ1n) is 19.1.